The van der Waals surface area contributed by atoms with E-state index in [0.717, 1.165) is 0 Å². The number of ether oxygens (including phenoxy) is 1. The van der Waals surface area contributed by atoms with Crippen LogP contribution in [-0.2, 0) is 24.8 Å². The quantitative estimate of drug-likeness (QED) is 0.591. The number of morpholine rings is 1. The van der Waals surface area contributed by atoms with Crippen LogP contribution in [0.5, 0.6) is 0 Å². The summed E-state index contributed by atoms with van der Waals surface area (Å²) in [4.78, 5) is 12.3. The second-order valence-corrected chi connectivity index (χ2v) is 10.2. The Morgan fingerprint density at radius 3 is 2.18 bits per heavy atom. The van der Waals surface area contributed by atoms with Crippen molar-refractivity contribution >= 4 is 26.0 Å². The van der Waals surface area contributed by atoms with Crippen molar-refractivity contribution in [3.63, 3.8) is 0 Å². The Morgan fingerprint density at radius 1 is 1.07 bits per heavy atom. The predicted octanol–water partition coefficient (Wildman–Crippen LogP) is 0.109. The summed E-state index contributed by atoms with van der Waals surface area (Å²) in [6.45, 7) is 5.58. The number of carbonyl (C=O) groups is 1. The summed E-state index contributed by atoms with van der Waals surface area (Å²) in [5.41, 5.74) is 0.266. The Labute approximate surface area is 166 Å². The number of carbonyl (C=O) groups excluding carboxylic acids is 1. The number of hydrogen-bond donors (Lipinski definition) is 1. The molecule has 2 rings (SSSR count). The van der Waals surface area contributed by atoms with Crippen molar-refractivity contribution in [3.8, 4) is 0 Å². The highest BCUT2D eigenvalue weighted by Crippen LogP contribution is 2.16. The summed E-state index contributed by atoms with van der Waals surface area (Å²) < 4.78 is 57.2. The van der Waals surface area contributed by atoms with Gasteiger partial charge in [-0.25, -0.2) is 16.8 Å². The number of amides is 1. The lowest BCUT2D eigenvalue weighted by molar-refractivity contribution is 0.0730. The van der Waals surface area contributed by atoms with E-state index < -0.39 is 26.0 Å². The second-order valence-electron chi connectivity index (χ2n) is 6.20. The molecule has 0 saturated carbocycles. The molecule has 1 N–H and O–H groups in total. The molecule has 1 amide bonds. The third-order valence-electron chi connectivity index (χ3n) is 4.47. The van der Waals surface area contributed by atoms with Crippen LogP contribution in [0.2, 0.25) is 0 Å². The van der Waals surface area contributed by atoms with Crippen molar-refractivity contribution in [3.05, 3.63) is 29.8 Å². The zero-order chi connectivity index (χ0) is 20.8. The lowest BCUT2D eigenvalue weighted by Crippen LogP contribution is -2.43. The molecule has 28 heavy (non-hydrogen) atoms. The van der Waals surface area contributed by atoms with Gasteiger partial charge in [-0.3, -0.25) is 4.79 Å². The summed E-state index contributed by atoms with van der Waals surface area (Å²) in [5, 5.41) is 2.56. The summed E-state index contributed by atoms with van der Waals surface area (Å²) in [6, 6.07) is 5.60. The molecule has 0 bridgehead atoms. The highest BCUT2D eigenvalue weighted by Gasteiger charge is 2.24. The first-order valence-electron chi connectivity index (χ1n) is 9.16. The number of nitrogens with zero attached hydrogens (tertiary/aromatic N) is 2. The third kappa shape index (κ3) is 5.51. The van der Waals surface area contributed by atoms with Gasteiger partial charge in [0.25, 0.3) is 5.91 Å². The molecule has 1 aromatic carbocycles. The molecule has 1 fully saturated rings. The second kappa shape index (κ2) is 9.79. The first kappa shape index (κ1) is 22.8. The van der Waals surface area contributed by atoms with Crippen LogP contribution < -0.4 is 5.32 Å². The van der Waals surface area contributed by atoms with Crippen LogP contribution in [0.3, 0.4) is 0 Å². The maximum atomic E-state index is 12.5. The van der Waals surface area contributed by atoms with Gasteiger partial charge < -0.3 is 10.1 Å². The average molecular weight is 434 g/mol. The van der Waals surface area contributed by atoms with Crippen molar-refractivity contribution in [2.45, 2.75) is 18.7 Å². The average Bonchev–Trinajstić information content (AvgIpc) is 2.69. The van der Waals surface area contributed by atoms with Gasteiger partial charge in [-0.05, 0) is 24.3 Å². The zero-order valence-corrected chi connectivity index (χ0v) is 17.8. The van der Waals surface area contributed by atoms with Gasteiger partial charge >= 0.3 is 0 Å². The molecule has 0 radical (unpaired) electrons. The minimum atomic E-state index is -3.59. The van der Waals surface area contributed by atoms with Crippen LogP contribution in [0.25, 0.3) is 0 Å². The number of benzene rings is 1. The number of hydrogen-bond acceptors (Lipinski definition) is 6. The van der Waals surface area contributed by atoms with Crippen molar-refractivity contribution < 1.29 is 26.4 Å². The van der Waals surface area contributed by atoms with E-state index in [2.05, 4.69) is 5.32 Å². The van der Waals surface area contributed by atoms with Gasteiger partial charge in [0.05, 0.1) is 23.9 Å². The van der Waals surface area contributed by atoms with Gasteiger partial charge in [0.15, 0.2) is 0 Å². The minimum Gasteiger partial charge on any atom is -0.379 e. The van der Waals surface area contributed by atoms with Crippen LogP contribution in [0.1, 0.15) is 24.2 Å². The smallest absolute Gasteiger partial charge is 0.251 e. The Bertz CT molecular complexity index is 859. The first-order chi connectivity index (χ1) is 13.2. The number of nitrogens with one attached hydrogen (secondary N) is 1. The molecule has 1 aromatic rings. The van der Waals surface area contributed by atoms with Crippen molar-refractivity contribution in [2.75, 3.05) is 51.7 Å². The largest absolute Gasteiger partial charge is 0.379 e. The summed E-state index contributed by atoms with van der Waals surface area (Å²) in [5.74, 6) is -0.656. The fraction of sp³-hybridized carbons (Fsp3) is 0.588. The minimum absolute atomic E-state index is 0.0297. The van der Waals surface area contributed by atoms with Crippen LogP contribution in [-0.4, -0.2) is 83.0 Å². The third-order valence-corrected chi connectivity index (χ3v) is 8.40. The maximum absolute atomic E-state index is 12.5. The molecular formula is C17H27N3O6S2. The van der Waals surface area contributed by atoms with E-state index in [-0.39, 0.29) is 22.8 Å². The van der Waals surface area contributed by atoms with Gasteiger partial charge in [0, 0.05) is 38.3 Å². The van der Waals surface area contributed by atoms with Gasteiger partial charge in [0.2, 0.25) is 20.0 Å². The molecule has 11 heteroatoms. The fourth-order valence-electron chi connectivity index (χ4n) is 2.84. The molecule has 1 saturated heterocycles. The fourth-order valence-corrected chi connectivity index (χ4v) is 5.62. The monoisotopic (exact) mass is 433 g/mol. The summed E-state index contributed by atoms with van der Waals surface area (Å²) in [6.07, 6.45) is 0. The molecule has 0 spiro atoms. The molecular weight excluding hydrogens is 406 g/mol. The molecule has 0 aromatic heterocycles. The van der Waals surface area contributed by atoms with Crippen LogP contribution in [0.4, 0.5) is 0 Å². The van der Waals surface area contributed by atoms with E-state index >= 15 is 0 Å². The predicted molar refractivity (Wildman–Crippen MR) is 105 cm³/mol. The number of rotatable bonds is 9. The Kier molecular flexibility index (Phi) is 7.96. The van der Waals surface area contributed by atoms with Gasteiger partial charge in [-0.15, -0.1) is 0 Å². The molecule has 158 valence electrons. The van der Waals surface area contributed by atoms with Crippen LogP contribution in [0.15, 0.2) is 29.2 Å². The topological polar surface area (TPSA) is 113 Å². The lowest BCUT2D eigenvalue weighted by Gasteiger charge is -2.26. The standard InChI is InChI=1S/C17H27N3O6S2/c1-3-19(4-2)28(24,25)16-7-5-15(6-8-16)17(21)18-9-14-27(22,23)20-10-12-26-13-11-20/h5-8H,3-4,9-14H2,1-2H3,(H,18,21). The molecule has 1 aliphatic heterocycles. The van der Waals surface area contributed by atoms with Crippen LogP contribution >= 0.6 is 0 Å². The molecule has 0 atom stereocenters. The molecule has 1 heterocycles. The Morgan fingerprint density at radius 2 is 1.64 bits per heavy atom. The van der Waals surface area contributed by atoms with Crippen molar-refractivity contribution in [1.29, 1.82) is 0 Å². The normalized spacial score (nSPS) is 16.2. The molecule has 9 nitrogen and oxygen atoms in total. The number of sulfonamides is 2. The van der Waals surface area contributed by atoms with Crippen molar-refractivity contribution in [1.82, 2.24) is 13.9 Å². The van der Waals surface area contributed by atoms with Gasteiger partial charge in [0.1, 0.15) is 0 Å². The molecule has 1 aliphatic rings. The molecule has 0 unspecified atom stereocenters. The maximum Gasteiger partial charge on any atom is 0.251 e. The molecule has 0 aliphatic carbocycles. The Balaban J connectivity index is 1.94. The van der Waals surface area contributed by atoms with E-state index in [0.29, 0.717) is 39.4 Å². The lowest BCUT2D eigenvalue weighted by atomic mass is 10.2. The van der Waals surface area contributed by atoms with E-state index in [4.69, 9.17) is 4.74 Å². The van der Waals surface area contributed by atoms with Gasteiger partial charge in [-0.1, -0.05) is 13.8 Å². The highest BCUT2D eigenvalue weighted by atomic mass is 32.2. The van der Waals surface area contributed by atoms with E-state index in [1.54, 1.807) is 13.8 Å². The SMILES string of the molecule is CCN(CC)S(=O)(=O)c1ccc(C(=O)NCCS(=O)(=O)N2CCOCC2)cc1. The summed E-state index contributed by atoms with van der Waals surface area (Å²) >= 11 is 0. The Hall–Kier alpha value is -1.53. The van der Waals surface area contributed by atoms with E-state index in [1.165, 1.54) is 32.9 Å². The van der Waals surface area contributed by atoms with Crippen LogP contribution in [0, 0.1) is 0 Å². The first-order valence-corrected chi connectivity index (χ1v) is 12.2. The highest BCUT2D eigenvalue weighted by molar-refractivity contribution is 7.89. The van der Waals surface area contributed by atoms with E-state index in [1.807, 2.05) is 0 Å². The summed E-state index contributed by atoms with van der Waals surface area (Å²) in [7, 11) is -7.03. The van der Waals surface area contributed by atoms with Crippen molar-refractivity contribution in [2.24, 2.45) is 0 Å². The van der Waals surface area contributed by atoms with E-state index in [9.17, 15) is 21.6 Å². The zero-order valence-electron chi connectivity index (χ0n) is 16.1. The van der Waals surface area contributed by atoms with Gasteiger partial charge in [-0.2, -0.15) is 8.61 Å².